The molecular formula is C15H23N3O2. The van der Waals surface area contributed by atoms with Gasteiger partial charge in [-0.3, -0.25) is 14.7 Å². The molecule has 1 aromatic rings. The lowest BCUT2D eigenvalue weighted by molar-refractivity contribution is 0.0685. The first-order valence-electron chi connectivity index (χ1n) is 7.02. The van der Waals surface area contributed by atoms with E-state index in [9.17, 15) is 4.79 Å². The summed E-state index contributed by atoms with van der Waals surface area (Å²) >= 11 is 0. The van der Waals surface area contributed by atoms with Crippen molar-refractivity contribution in [2.75, 3.05) is 33.7 Å². The molecule has 0 spiro atoms. The second-order valence-corrected chi connectivity index (χ2v) is 5.70. The zero-order valence-electron chi connectivity index (χ0n) is 12.7. The van der Waals surface area contributed by atoms with Crippen molar-refractivity contribution in [3.8, 4) is 5.75 Å². The number of carbonyl (C=O) groups excluding carboxylic acids is 1. The van der Waals surface area contributed by atoms with Gasteiger partial charge >= 0.3 is 0 Å². The van der Waals surface area contributed by atoms with Gasteiger partial charge in [-0.2, -0.15) is 0 Å². The van der Waals surface area contributed by atoms with Crippen molar-refractivity contribution in [3.05, 3.63) is 24.0 Å². The predicted molar refractivity (Wildman–Crippen MR) is 78.2 cm³/mol. The van der Waals surface area contributed by atoms with Crippen molar-refractivity contribution in [2.45, 2.75) is 26.0 Å². The van der Waals surface area contributed by atoms with Crippen LogP contribution in [0, 0.1) is 0 Å². The van der Waals surface area contributed by atoms with E-state index >= 15 is 0 Å². The van der Waals surface area contributed by atoms with Gasteiger partial charge in [-0.15, -0.1) is 0 Å². The summed E-state index contributed by atoms with van der Waals surface area (Å²) in [6, 6.07) is 1.68. The van der Waals surface area contributed by atoms with Gasteiger partial charge in [-0.05, 0) is 34.0 Å². The summed E-state index contributed by atoms with van der Waals surface area (Å²) in [5, 5.41) is 0. The third kappa shape index (κ3) is 3.55. The molecule has 0 N–H and O–H groups in total. The number of likely N-dealkylation sites (N-methyl/N-ethyl adjacent to an activating group) is 2. The number of ketones is 1. The van der Waals surface area contributed by atoms with Crippen LogP contribution in [0.2, 0.25) is 0 Å². The molecule has 0 aromatic carbocycles. The summed E-state index contributed by atoms with van der Waals surface area (Å²) in [5.74, 6) is 0.762. The third-order valence-corrected chi connectivity index (χ3v) is 3.52. The highest BCUT2D eigenvalue weighted by atomic mass is 16.5. The van der Waals surface area contributed by atoms with Gasteiger partial charge in [-0.25, -0.2) is 0 Å². The van der Waals surface area contributed by atoms with E-state index in [0.29, 0.717) is 11.3 Å². The number of pyridine rings is 1. The highest BCUT2D eigenvalue weighted by molar-refractivity contribution is 6.00. The summed E-state index contributed by atoms with van der Waals surface area (Å²) in [6.45, 7) is 6.57. The number of aromatic nitrogens is 1. The molecule has 1 fully saturated rings. The fraction of sp³-hybridized carbons (Fsp3) is 0.600. The van der Waals surface area contributed by atoms with Gasteiger partial charge in [0.25, 0.3) is 0 Å². The minimum Gasteiger partial charge on any atom is -0.489 e. The lowest BCUT2D eigenvalue weighted by Gasteiger charge is -2.36. The lowest BCUT2D eigenvalue weighted by atomic mass is 10.0. The molecule has 1 aliphatic heterocycles. The predicted octanol–water partition coefficient (Wildman–Crippen LogP) is 1.30. The van der Waals surface area contributed by atoms with Gasteiger partial charge in [-0.1, -0.05) is 0 Å². The Morgan fingerprint density at radius 1 is 1.35 bits per heavy atom. The third-order valence-electron chi connectivity index (χ3n) is 3.52. The molecule has 1 aliphatic rings. The van der Waals surface area contributed by atoms with E-state index in [4.69, 9.17) is 4.74 Å². The maximum absolute atomic E-state index is 12.6. The quantitative estimate of drug-likeness (QED) is 0.776. The highest BCUT2D eigenvalue weighted by Crippen LogP contribution is 2.17. The minimum atomic E-state index is -0.107. The van der Waals surface area contributed by atoms with Crippen molar-refractivity contribution in [1.29, 1.82) is 0 Å². The molecular weight excluding hydrogens is 254 g/mol. The lowest BCUT2D eigenvalue weighted by Crippen LogP contribution is -2.53. The normalized spacial score (nSPS) is 21.1. The van der Waals surface area contributed by atoms with Crippen LogP contribution in [0.5, 0.6) is 5.75 Å². The molecule has 110 valence electrons. The molecule has 0 aliphatic carbocycles. The second-order valence-electron chi connectivity index (χ2n) is 5.70. The Bertz CT molecular complexity index is 476. The van der Waals surface area contributed by atoms with E-state index in [1.165, 1.54) is 0 Å². The molecule has 1 unspecified atom stereocenters. The van der Waals surface area contributed by atoms with Gasteiger partial charge in [0.15, 0.2) is 5.78 Å². The van der Waals surface area contributed by atoms with Gasteiger partial charge in [0.2, 0.25) is 0 Å². The van der Waals surface area contributed by atoms with Gasteiger partial charge < -0.3 is 9.64 Å². The van der Waals surface area contributed by atoms with E-state index in [0.717, 1.165) is 19.6 Å². The number of hydrogen-bond acceptors (Lipinski definition) is 5. The number of piperazine rings is 1. The van der Waals surface area contributed by atoms with Crippen LogP contribution in [0.4, 0.5) is 0 Å². The molecule has 0 bridgehead atoms. The monoisotopic (exact) mass is 277 g/mol. The minimum absolute atomic E-state index is 0.0747. The zero-order valence-corrected chi connectivity index (χ0v) is 12.7. The number of ether oxygens (including phenoxy) is 1. The van der Waals surface area contributed by atoms with Gasteiger partial charge in [0.1, 0.15) is 5.75 Å². The Morgan fingerprint density at radius 3 is 2.80 bits per heavy atom. The summed E-state index contributed by atoms with van der Waals surface area (Å²) in [4.78, 5) is 21.0. The molecule has 1 saturated heterocycles. The molecule has 20 heavy (non-hydrogen) atoms. The summed E-state index contributed by atoms with van der Waals surface area (Å²) in [6.07, 6.45) is 3.34. The summed E-state index contributed by atoms with van der Waals surface area (Å²) < 4.78 is 5.60. The number of nitrogens with zero attached hydrogens (tertiary/aromatic N) is 3. The van der Waals surface area contributed by atoms with E-state index < -0.39 is 0 Å². The van der Waals surface area contributed by atoms with Crippen LogP contribution in [-0.4, -0.2) is 66.4 Å². The highest BCUT2D eigenvalue weighted by Gasteiger charge is 2.29. The second kappa shape index (κ2) is 6.33. The first kappa shape index (κ1) is 14.9. The molecule has 1 aromatic heterocycles. The van der Waals surface area contributed by atoms with Crippen LogP contribution in [0.3, 0.4) is 0 Å². The van der Waals surface area contributed by atoms with E-state index in [1.807, 2.05) is 27.9 Å². The Morgan fingerprint density at radius 2 is 2.10 bits per heavy atom. The van der Waals surface area contributed by atoms with Crippen LogP contribution >= 0.6 is 0 Å². The van der Waals surface area contributed by atoms with Crippen LogP contribution in [0.25, 0.3) is 0 Å². The van der Waals surface area contributed by atoms with Crippen molar-refractivity contribution >= 4 is 5.78 Å². The number of rotatable bonds is 4. The topological polar surface area (TPSA) is 45.7 Å². The fourth-order valence-electron chi connectivity index (χ4n) is 2.38. The zero-order chi connectivity index (χ0) is 14.7. The Balaban J connectivity index is 2.15. The van der Waals surface area contributed by atoms with E-state index in [2.05, 4.69) is 14.8 Å². The van der Waals surface area contributed by atoms with Crippen LogP contribution in [-0.2, 0) is 0 Å². The molecule has 0 amide bonds. The average Bonchev–Trinajstić information content (AvgIpc) is 2.40. The fourth-order valence-corrected chi connectivity index (χ4v) is 2.38. The van der Waals surface area contributed by atoms with Crippen LogP contribution in [0.1, 0.15) is 24.2 Å². The molecule has 0 radical (unpaired) electrons. The van der Waals surface area contributed by atoms with Crippen LogP contribution < -0.4 is 4.74 Å². The SMILES string of the molecule is CC(C)Oc1cncc(C(=O)C2CN(C)CCN2C)c1. The Hall–Kier alpha value is -1.46. The first-order chi connectivity index (χ1) is 9.47. The maximum atomic E-state index is 12.6. The Kier molecular flexibility index (Phi) is 4.73. The standard InChI is InChI=1S/C15H23N3O2/c1-11(2)20-13-7-12(8-16-9-13)15(19)14-10-17(3)5-6-18(14)4/h7-9,11,14H,5-6,10H2,1-4H3. The number of Topliss-reactive ketones (excluding diaryl/α,β-unsaturated/α-hetero) is 1. The van der Waals surface area contributed by atoms with E-state index in [-0.39, 0.29) is 17.9 Å². The molecule has 5 heteroatoms. The largest absolute Gasteiger partial charge is 0.489 e. The number of hydrogen-bond donors (Lipinski definition) is 0. The van der Waals surface area contributed by atoms with Crippen LogP contribution in [0.15, 0.2) is 18.5 Å². The average molecular weight is 277 g/mol. The molecule has 0 saturated carbocycles. The van der Waals surface area contributed by atoms with Gasteiger partial charge in [0, 0.05) is 31.4 Å². The molecule has 5 nitrogen and oxygen atoms in total. The van der Waals surface area contributed by atoms with Crippen molar-refractivity contribution in [1.82, 2.24) is 14.8 Å². The number of carbonyl (C=O) groups is 1. The van der Waals surface area contributed by atoms with Gasteiger partial charge in [0.05, 0.1) is 18.3 Å². The Labute approximate surface area is 120 Å². The molecule has 2 rings (SSSR count). The first-order valence-corrected chi connectivity index (χ1v) is 7.02. The van der Waals surface area contributed by atoms with Crippen molar-refractivity contribution < 1.29 is 9.53 Å². The smallest absolute Gasteiger partial charge is 0.182 e. The summed E-state index contributed by atoms with van der Waals surface area (Å²) in [7, 11) is 4.04. The van der Waals surface area contributed by atoms with E-state index in [1.54, 1.807) is 18.5 Å². The van der Waals surface area contributed by atoms with Crippen molar-refractivity contribution in [3.63, 3.8) is 0 Å². The molecule has 1 atom stereocenters. The molecule has 2 heterocycles. The van der Waals surface area contributed by atoms with Crippen molar-refractivity contribution in [2.24, 2.45) is 0 Å². The summed E-state index contributed by atoms with van der Waals surface area (Å²) in [5.41, 5.74) is 0.621. The maximum Gasteiger partial charge on any atom is 0.182 e.